The Morgan fingerprint density at radius 1 is 1.50 bits per heavy atom. The van der Waals surface area contributed by atoms with Crippen LogP contribution >= 0.6 is 23.4 Å². The Bertz CT molecular complexity index is 453. The largest absolute Gasteiger partial charge is 0.398 e. The summed E-state index contributed by atoms with van der Waals surface area (Å²) in [7, 11) is 0. The van der Waals surface area contributed by atoms with E-state index in [1.165, 1.54) is 0 Å². The number of anilines is 1. The summed E-state index contributed by atoms with van der Waals surface area (Å²) in [5.41, 5.74) is 6.60. The first-order chi connectivity index (χ1) is 8.61. The summed E-state index contributed by atoms with van der Waals surface area (Å²) in [5.74, 6) is -0.126. The van der Waals surface area contributed by atoms with Crippen molar-refractivity contribution in [2.75, 3.05) is 12.0 Å². The molecule has 2 unspecified atom stereocenters. The second kappa shape index (κ2) is 5.85. The lowest BCUT2D eigenvalue weighted by atomic mass is 10.1. The maximum Gasteiger partial charge on any atom is 0.253 e. The number of nitrogens with two attached hydrogens (primary N) is 1. The van der Waals surface area contributed by atoms with Crippen LogP contribution < -0.4 is 11.1 Å². The molecule has 1 aliphatic carbocycles. The molecule has 2 atom stereocenters. The zero-order valence-corrected chi connectivity index (χ0v) is 11.9. The zero-order valence-electron chi connectivity index (χ0n) is 10.3. The van der Waals surface area contributed by atoms with E-state index < -0.39 is 0 Å². The molecule has 1 amide bonds. The Hall–Kier alpha value is -0.870. The predicted molar refractivity (Wildman–Crippen MR) is 78.3 cm³/mol. The Kier molecular flexibility index (Phi) is 4.40. The van der Waals surface area contributed by atoms with Gasteiger partial charge in [0.05, 0.1) is 16.3 Å². The number of thioether (sulfide) groups is 1. The van der Waals surface area contributed by atoms with Crippen LogP contribution in [0.2, 0.25) is 5.02 Å². The first-order valence-electron chi connectivity index (χ1n) is 5.99. The average molecular weight is 285 g/mol. The molecule has 18 heavy (non-hydrogen) atoms. The molecule has 0 radical (unpaired) electrons. The smallest absolute Gasteiger partial charge is 0.253 e. The summed E-state index contributed by atoms with van der Waals surface area (Å²) in [4.78, 5) is 12.1. The molecule has 2 rings (SSSR count). The molecular weight excluding hydrogens is 268 g/mol. The van der Waals surface area contributed by atoms with Gasteiger partial charge in [-0.2, -0.15) is 11.8 Å². The molecule has 0 spiro atoms. The summed E-state index contributed by atoms with van der Waals surface area (Å²) in [6, 6.07) is 5.40. The van der Waals surface area contributed by atoms with Crippen molar-refractivity contribution in [3.63, 3.8) is 0 Å². The van der Waals surface area contributed by atoms with Gasteiger partial charge in [0.2, 0.25) is 0 Å². The van der Waals surface area contributed by atoms with Crippen molar-refractivity contribution in [3.8, 4) is 0 Å². The van der Waals surface area contributed by atoms with Crippen LogP contribution in [0.5, 0.6) is 0 Å². The van der Waals surface area contributed by atoms with Crippen LogP contribution in [0, 0.1) is 0 Å². The highest BCUT2D eigenvalue weighted by Crippen LogP contribution is 2.29. The molecule has 3 nitrogen and oxygen atoms in total. The van der Waals surface area contributed by atoms with Gasteiger partial charge in [-0.25, -0.2) is 0 Å². The van der Waals surface area contributed by atoms with E-state index in [4.69, 9.17) is 17.3 Å². The molecule has 1 saturated carbocycles. The van der Waals surface area contributed by atoms with Crippen LogP contribution in [0.3, 0.4) is 0 Å². The molecule has 0 aromatic heterocycles. The van der Waals surface area contributed by atoms with Crippen LogP contribution in [0.25, 0.3) is 0 Å². The number of carbonyl (C=O) groups is 1. The van der Waals surface area contributed by atoms with Crippen molar-refractivity contribution in [2.24, 2.45) is 0 Å². The fourth-order valence-electron chi connectivity index (χ4n) is 2.27. The third kappa shape index (κ3) is 2.93. The van der Waals surface area contributed by atoms with Gasteiger partial charge in [0.1, 0.15) is 0 Å². The predicted octanol–water partition coefficient (Wildman–Crippen LogP) is 2.94. The van der Waals surface area contributed by atoms with Crippen LogP contribution in [0.15, 0.2) is 18.2 Å². The van der Waals surface area contributed by atoms with E-state index in [1.807, 2.05) is 11.8 Å². The maximum absolute atomic E-state index is 12.1. The minimum atomic E-state index is -0.126. The van der Waals surface area contributed by atoms with Crippen LogP contribution in [0.4, 0.5) is 5.69 Å². The highest BCUT2D eigenvalue weighted by atomic mass is 35.5. The molecule has 1 fully saturated rings. The van der Waals surface area contributed by atoms with Crippen LogP contribution in [-0.4, -0.2) is 23.5 Å². The molecule has 1 aromatic carbocycles. The van der Waals surface area contributed by atoms with E-state index in [1.54, 1.807) is 18.2 Å². The molecule has 1 aliphatic rings. The number of hydrogen-bond donors (Lipinski definition) is 2. The van der Waals surface area contributed by atoms with E-state index in [9.17, 15) is 4.79 Å². The van der Waals surface area contributed by atoms with Gasteiger partial charge in [-0.05, 0) is 37.7 Å². The van der Waals surface area contributed by atoms with Crippen LogP contribution in [0.1, 0.15) is 29.6 Å². The SMILES string of the molecule is CSC1CCC(NC(=O)c2cccc(N)c2Cl)C1. The minimum Gasteiger partial charge on any atom is -0.398 e. The number of nitrogens with one attached hydrogen (secondary N) is 1. The van der Waals surface area contributed by atoms with Gasteiger partial charge >= 0.3 is 0 Å². The van der Waals surface area contributed by atoms with Gasteiger partial charge in [0.15, 0.2) is 0 Å². The summed E-state index contributed by atoms with van der Waals surface area (Å²) in [6.07, 6.45) is 5.35. The van der Waals surface area contributed by atoms with Gasteiger partial charge in [-0.1, -0.05) is 17.7 Å². The third-order valence-electron chi connectivity index (χ3n) is 3.33. The monoisotopic (exact) mass is 284 g/mol. The number of halogens is 1. The van der Waals surface area contributed by atoms with E-state index >= 15 is 0 Å². The zero-order chi connectivity index (χ0) is 13.1. The highest BCUT2D eigenvalue weighted by Gasteiger charge is 2.26. The highest BCUT2D eigenvalue weighted by molar-refractivity contribution is 7.99. The summed E-state index contributed by atoms with van der Waals surface area (Å²) < 4.78 is 0. The first kappa shape index (κ1) is 13.6. The number of carbonyl (C=O) groups excluding carboxylic acids is 1. The minimum absolute atomic E-state index is 0.126. The molecule has 98 valence electrons. The quantitative estimate of drug-likeness (QED) is 0.839. The van der Waals surface area contributed by atoms with E-state index in [0.29, 0.717) is 21.5 Å². The lowest BCUT2D eigenvalue weighted by molar-refractivity contribution is 0.0938. The fraction of sp³-hybridized carbons (Fsp3) is 0.462. The number of benzene rings is 1. The molecule has 0 bridgehead atoms. The average Bonchev–Trinajstić information content (AvgIpc) is 2.80. The Balaban J connectivity index is 2.02. The summed E-state index contributed by atoms with van der Waals surface area (Å²) >= 11 is 7.91. The number of nitrogen functional groups attached to an aromatic ring is 1. The summed E-state index contributed by atoms with van der Waals surface area (Å²) in [6.45, 7) is 0. The van der Waals surface area contributed by atoms with Gasteiger partial charge in [0.25, 0.3) is 5.91 Å². The molecule has 5 heteroatoms. The van der Waals surface area contributed by atoms with Gasteiger partial charge < -0.3 is 11.1 Å². The third-order valence-corrected chi connectivity index (χ3v) is 4.84. The maximum atomic E-state index is 12.1. The van der Waals surface area contributed by atoms with E-state index in [2.05, 4.69) is 11.6 Å². The molecule has 3 N–H and O–H groups in total. The number of hydrogen-bond acceptors (Lipinski definition) is 3. The van der Waals surface area contributed by atoms with Crippen molar-refractivity contribution < 1.29 is 4.79 Å². The first-order valence-corrected chi connectivity index (χ1v) is 7.66. The van der Waals surface area contributed by atoms with Crippen molar-refractivity contribution >= 4 is 35.0 Å². The van der Waals surface area contributed by atoms with E-state index in [0.717, 1.165) is 19.3 Å². The normalized spacial score (nSPS) is 23.0. The standard InChI is InChI=1S/C13H17ClN2OS/c1-18-9-6-5-8(7-9)16-13(17)10-3-2-4-11(15)12(10)14/h2-4,8-9H,5-7,15H2,1H3,(H,16,17). The van der Waals surface area contributed by atoms with Gasteiger partial charge in [-0.3, -0.25) is 4.79 Å². The lowest BCUT2D eigenvalue weighted by Crippen LogP contribution is -2.33. The van der Waals surface area contributed by atoms with Gasteiger partial charge in [0, 0.05) is 11.3 Å². The molecule has 1 aromatic rings. The van der Waals surface area contributed by atoms with Crippen molar-refractivity contribution in [3.05, 3.63) is 28.8 Å². The number of rotatable bonds is 3. The molecule has 0 aliphatic heterocycles. The molecular formula is C13H17ClN2OS. The lowest BCUT2D eigenvalue weighted by Gasteiger charge is -2.14. The molecule has 0 heterocycles. The van der Waals surface area contributed by atoms with Crippen molar-refractivity contribution in [2.45, 2.75) is 30.6 Å². The Morgan fingerprint density at radius 2 is 2.28 bits per heavy atom. The topological polar surface area (TPSA) is 55.1 Å². The van der Waals surface area contributed by atoms with Gasteiger partial charge in [-0.15, -0.1) is 0 Å². The Morgan fingerprint density at radius 3 is 2.94 bits per heavy atom. The Labute approximate surface area is 116 Å². The van der Waals surface area contributed by atoms with Crippen molar-refractivity contribution in [1.29, 1.82) is 0 Å². The van der Waals surface area contributed by atoms with Crippen LogP contribution in [-0.2, 0) is 0 Å². The number of amides is 1. The van der Waals surface area contributed by atoms with Crippen molar-refractivity contribution in [1.82, 2.24) is 5.32 Å². The second-order valence-electron chi connectivity index (χ2n) is 4.55. The summed E-state index contributed by atoms with van der Waals surface area (Å²) in [5, 5.41) is 4.04. The fourth-order valence-corrected chi connectivity index (χ4v) is 3.28. The van der Waals surface area contributed by atoms with E-state index in [-0.39, 0.29) is 11.9 Å². The second-order valence-corrected chi connectivity index (χ2v) is 6.07. The molecule has 0 saturated heterocycles.